The molecule has 0 unspecified atom stereocenters. The molecule has 7 heteroatoms. The summed E-state index contributed by atoms with van der Waals surface area (Å²) in [6.07, 6.45) is -0.882. The highest BCUT2D eigenvalue weighted by Crippen LogP contribution is 2.20. The highest BCUT2D eigenvalue weighted by Gasteiger charge is 2.18. The molecule has 0 radical (unpaired) electrons. The molecule has 7 nitrogen and oxygen atoms in total. The van der Waals surface area contributed by atoms with E-state index in [1.54, 1.807) is 7.05 Å². The van der Waals surface area contributed by atoms with Crippen molar-refractivity contribution in [3.8, 4) is 5.75 Å². The van der Waals surface area contributed by atoms with E-state index in [9.17, 15) is 4.79 Å². The Kier molecular flexibility index (Phi) is 6.49. The molecule has 2 N–H and O–H groups in total. The lowest BCUT2D eigenvalue weighted by molar-refractivity contribution is 0.146. The molecular weight excluding hydrogens is 298 g/mol. The summed E-state index contributed by atoms with van der Waals surface area (Å²) < 4.78 is 5.36. The Labute approximate surface area is 136 Å². The number of carboxylic acid groups (broad SMARTS) is 1. The molecule has 1 fully saturated rings. The molecule has 0 bridgehead atoms. The van der Waals surface area contributed by atoms with Crippen LogP contribution in [-0.4, -0.2) is 85.6 Å². The fourth-order valence-electron chi connectivity index (χ4n) is 2.53. The third kappa shape index (κ3) is 5.30. The first-order valence-electron chi connectivity index (χ1n) is 7.85. The van der Waals surface area contributed by atoms with Gasteiger partial charge in [0.05, 0.1) is 6.61 Å². The summed E-state index contributed by atoms with van der Waals surface area (Å²) in [4.78, 5) is 16.7. The van der Waals surface area contributed by atoms with E-state index in [1.165, 1.54) is 4.90 Å². The summed E-state index contributed by atoms with van der Waals surface area (Å²) in [5.74, 6) is 0.762. The number of aliphatic hydroxyl groups is 1. The van der Waals surface area contributed by atoms with Crippen LogP contribution in [0.25, 0.3) is 0 Å². The minimum absolute atomic E-state index is 0.0147. The number of benzene rings is 1. The van der Waals surface area contributed by atoms with Gasteiger partial charge in [-0.15, -0.1) is 0 Å². The van der Waals surface area contributed by atoms with Crippen LogP contribution in [0.15, 0.2) is 24.3 Å². The zero-order chi connectivity index (χ0) is 16.7. The van der Waals surface area contributed by atoms with E-state index in [0.717, 1.165) is 44.2 Å². The van der Waals surface area contributed by atoms with Crippen LogP contribution >= 0.6 is 0 Å². The number of anilines is 1. The lowest BCUT2D eigenvalue weighted by Crippen LogP contribution is -2.48. The molecule has 1 aromatic carbocycles. The Morgan fingerprint density at radius 3 is 2.43 bits per heavy atom. The Balaban J connectivity index is 1.76. The van der Waals surface area contributed by atoms with Gasteiger partial charge in [-0.3, -0.25) is 4.90 Å². The maximum atomic E-state index is 10.8. The van der Waals surface area contributed by atoms with Gasteiger partial charge in [0.25, 0.3) is 0 Å². The number of hydrogen-bond acceptors (Lipinski definition) is 5. The van der Waals surface area contributed by atoms with Crippen LogP contribution in [0.1, 0.15) is 0 Å². The molecule has 1 heterocycles. The Morgan fingerprint density at radius 2 is 1.87 bits per heavy atom. The van der Waals surface area contributed by atoms with Gasteiger partial charge < -0.3 is 24.7 Å². The minimum atomic E-state index is -0.882. The van der Waals surface area contributed by atoms with E-state index in [2.05, 4.69) is 9.80 Å². The molecule has 23 heavy (non-hydrogen) atoms. The van der Waals surface area contributed by atoms with E-state index >= 15 is 0 Å². The first-order chi connectivity index (χ1) is 11.1. The molecule has 0 aliphatic carbocycles. The van der Waals surface area contributed by atoms with Gasteiger partial charge >= 0.3 is 6.09 Å². The third-order valence-corrected chi connectivity index (χ3v) is 4.01. The number of nitrogens with zero attached hydrogens (tertiary/aromatic N) is 3. The smallest absolute Gasteiger partial charge is 0.407 e. The molecule has 0 aromatic heterocycles. The predicted octanol–water partition coefficient (Wildman–Crippen LogP) is 0.790. The van der Waals surface area contributed by atoms with Gasteiger partial charge in [0.15, 0.2) is 0 Å². The lowest BCUT2D eigenvalue weighted by Gasteiger charge is -2.36. The van der Waals surface area contributed by atoms with Crippen molar-refractivity contribution in [1.29, 1.82) is 0 Å². The van der Waals surface area contributed by atoms with Crippen LogP contribution in [0.2, 0.25) is 0 Å². The number of likely N-dealkylation sites (N-methyl/N-ethyl adjacent to an activating group) is 1. The molecule has 0 saturated carbocycles. The number of carbonyl (C=O) groups is 1. The van der Waals surface area contributed by atoms with Crippen molar-refractivity contribution >= 4 is 11.8 Å². The average Bonchev–Trinajstić information content (AvgIpc) is 2.58. The number of ether oxygens (including phenoxy) is 1. The highest BCUT2D eigenvalue weighted by molar-refractivity contribution is 5.64. The summed E-state index contributed by atoms with van der Waals surface area (Å²) in [7, 11) is 1.60. The van der Waals surface area contributed by atoms with E-state index < -0.39 is 6.09 Å². The van der Waals surface area contributed by atoms with Crippen LogP contribution in [0.3, 0.4) is 0 Å². The molecule has 1 aromatic rings. The van der Waals surface area contributed by atoms with Crippen LogP contribution in [0, 0.1) is 0 Å². The van der Waals surface area contributed by atoms with Gasteiger partial charge in [0.1, 0.15) is 12.4 Å². The van der Waals surface area contributed by atoms with E-state index in [4.69, 9.17) is 14.9 Å². The molecule has 1 aliphatic heterocycles. The fourth-order valence-corrected chi connectivity index (χ4v) is 2.53. The summed E-state index contributed by atoms with van der Waals surface area (Å²) >= 11 is 0. The minimum Gasteiger partial charge on any atom is -0.491 e. The zero-order valence-electron chi connectivity index (χ0n) is 13.5. The number of rotatable bonds is 7. The van der Waals surface area contributed by atoms with Crippen LogP contribution in [-0.2, 0) is 0 Å². The van der Waals surface area contributed by atoms with Crippen LogP contribution in [0.5, 0.6) is 5.75 Å². The Hall–Kier alpha value is -1.99. The molecule has 0 atom stereocenters. The van der Waals surface area contributed by atoms with Crippen molar-refractivity contribution in [3.05, 3.63) is 24.3 Å². The first kappa shape index (κ1) is 17.4. The van der Waals surface area contributed by atoms with Gasteiger partial charge in [0, 0.05) is 52.0 Å². The van der Waals surface area contributed by atoms with Gasteiger partial charge in [-0.05, 0) is 24.3 Å². The maximum Gasteiger partial charge on any atom is 0.407 e. The van der Waals surface area contributed by atoms with Crippen molar-refractivity contribution in [2.75, 3.05) is 64.4 Å². The lowest BCUT2D eigenvalue weighted by atomic mass is 10.2. The second kappa shape index (κ2) is 8.59. The predicted molar refractivity (Wildman–Crippen MR) is 88.3 cm³/mol. The third-order valence-electron chi connectivity index (χ3n) is 4.01. The number of amides is 1. The van der Waals surface area contributed by atoms with Crippen molar-refractivity contribution in [2.45, 2.75) is 0 Å². The maximum absolute atomic E-state index is 10.8. The van der Waals surface area contributed by atoms with Crippen molar-refractivity contribution in [1.82, 2.24) is 9.80 Å². The summed E-state index contributed by atoms with van der Waals surface area (Å²) in [6, 6.07) is 7.89. The summed E-state index contributed by atoms with van der Waals surface area (Å²) in [5, 5.41) is 17.6. The van der Waals surface area contributed by atoms with Gasteiger partial charge in [-0.1, -0.05) is 0 Å². The van der Waals surface area contributed by atoms with Crippen molar-refractivity contribution < 1.29 is 19.7 Å². The topological polar surface area (TPSA) is 76.5 Å². The SMILES string of the molecule is CN(CCN1CCN(c2ccc(OCCO)cc2)CC1)C(=O)O. The Morgan fingerprint density at radius 1 is 1.22 bits per heavy atom. The largest absolute Gasteiger partial charge is 0.491 e. The molecule has 128 valence electrons. The van der Waals surface area contributed by atoms with Crippen molar-refractivity contribution in [2.24, 2.45) is 0 Å². The standard InChI is InChI=1S/C16H25N3O4/c1-17(16(21)22)6-7-18-8-10-19(11-9-18)14-2-4-15(5-3-14)23-13-12-20/h2-5,20H,6-13H2,1H3,(H,21,22). The van der Waals surface area contributed by atoms with E-state index in [1.807, 2.05) is 24.3 Å². The van der Waals surface area contributed by atoms with Crippen LogP contribution in [0.4, 0.5) is 10.5 Å². The normalized spacial score (nSPS) is 15.5. The number of piperazine rings is 1. The van der Waals surface area contributed by atoms with Crippen molar-refractivity contribution in [3.63, 3.8) is 0 Å². The van der Waals surface area contributed by atoms with Gasteiger partial charge in [-0.2, -0.15) is 0 Å². The fraction of sp³-hybridized carbons (Fsp3) is 0.562. The van der Waals surface area contributed by atoms with E-state index in [-0.39, 0.29) is 6.61 Å². The summed E-state index contributed by atoms with van der Waals surface area (Å²) in [5.41, 5.74) is 1.16. The van der Waals surface area contributed by atoms with E-state index in [0.29, 0.717) is 13.2 Å². The summed E-state index contributed by atoms with van der Waals surface area (Å²) in [6.45, 7) is 5.33. The average molecular weight is 323 g/mol. The molecule has 1 saturated heterocycles. The zero-order valence-corrected chi connectivity index (χ0v) is 13.5. The second-order valence-electron chi connectivity index (χ2n) is 5.60. The van der Waals surface area contributed by atoms with Gasteiger partial charge in [-0.25, -0.2) is 4.79 Å². The quantitative estimate of drug-likeness (QED) is 0.773. The first-order valence-corrected chi connectivity index (χ1v) is 7.85. The van der Waals surface area contributed by atoms with Crippen LogP contribution < -0.4 is 9.64 Å². The molecule has 1 amide bonds. The number of aliphatic hydroxyl groups excluding tert-OH is 1. The molecule has 1 aliphatic rings. The molecule has 2 rings (SSSR count). The Bertz CT molecular complexity index is 487. The molecule has 0 spiro atoms. The number of hydrogen-bond donors (Lipinski definition) is 2. The molecular formula is C16H25N3O4. The highest BCUT2D eigenvalue weighted by atomic mass is 16.5. The van der Waals surface area contributed by atoms with Gasteiger partial charge in [0.2, 0.25) is 0 Å². The second-order valence-corrected chi connectivity index (χ2v) is 5.60. The monoisotopic (exact) mass is 323 g/mol.